The van der Waals surface area contributed by atoms with E-state index in [1.165, 1.54) is 22.7 Å². The molecule has 0 atom stereocenters. The Hall–Kier alpha value is -2.32. The molecule has 6 nitrogen and oxygen atoms in total. The number of amides is 2. The SMILES string of the molecule is Cc1nc(C)c2c(C)c(C(=O)Nc3sccc3C(=O)NC3CC3)sc2n1. The number of carbonyl (C=O) groups excluding carboxylic acids is 2. The van der Waals surface area contributed by atoms with Crippen molar-refractivity contribution in [3.8, 4) is 0 Å². The lowest BCUT2D eigenvalue weighted by molar-refractivity contribution is 0.0952. The van der Waals surface area contributed by atoms with Gasteiger partial charge in [0.25, 0.3) is 11.8 Å². The van der Waals surface area contributed by atoms with Gasteiger partial charge in [-0.1, -0.05) is 0 Å². The van der Waals surface area contributed by atoms with Gasteiger partial charge in [-0.05, 0) is 50.6 Å². The van der Waals surface area contributed by atoms with Gasteiger partial charge < -0.3 is 10.6 Å². The molecule has 0 spiro atoms. The number of rotatable bonds is 4. The number of anilines is 1. The maximum Gasteiger partial charge on any atom is 0.266 e. The summed E-state index contributed by atoms with van der Waals surface area (Å²) in [6.45, 7) is 5.68. The third-order valence-corrected chi connectivity index (χ3v) is 6.35. The van der Waals surface area contributed by atoms with E-state index in [4.69, 9.17) is 0 Å². The van der Waals surface area contributed by atoms with Gasteiger partial charge in [-0.15, -0.1) is 22.7 Å². The van der Waals surface area contributed by atoms with E-state index >= 15 is 0 Å². The lowest BCUT2D eigenvalue weighted by Gasteiger charge is -2.06. The Balaban J connectivity index is 1.62. The molecule has 134 valence electrons. The molecule has 8 heteroatoms. The molecular weight excluding hydrogens is 368 g/mol. The van der Waals surface area contributed by atoms with E-state index in [0.29, 0.717) is 21.3 Å². The van der Waals surface area contributed by atoms with Crippen LogP contribution in [0.1, 0.15) is 50.0 Å². The van der Waals surface area contributed by atoms with Crippen LogP contribution in [-0.2, 0) is 0 Å². The van der Waals surface area contributed by atoms with Crippen molar-refractivity contribution in [1.82, 2.24) is 15.3 Å². The average molecular weight is 387 g/mol. The summed E-state index contributed by atoms with van der Waals surface area (Å²) in [4.78, 5) is 35.4. The van der Waals surface area contributed by atoms with Gasteiger partial charge in [0, 0.05) is 17.1 Å². The number of hydrogen-bond acceptors (Lipinski definition) is 6. The molecule has 2 amide bonds. The fraction of sp³-hybridized carbons (Fsp3) is 0.333. The molecule has 0 radical (unpaired) electrons. The summed E-state index contributed by atoms with van der Waals surface area (Å²) >= 11 is 2.71. The maximum atomic E-state index is 12.8. The summed E-state index contributed by atoms with van der Waals surface area (Å²) < 4.78 is 0. The number of nitrogens with zero attached hydrogens (tertiary/aromatic N) is 2. The number of carbonyl (C=O) groups is 2. The monoisotopic (exact) mass is 386 g/mol. The number of hydrogen-bond donors (Lipinski definition) is 2. The number of fused-ring (bicyclic) bond motifs is 1. The topological polar surface area (TPSA) is 84.0 Å². The minimum Gasteiger partial charge on any atom is -0.349 e. The van der Waals surface area contributed by atoms with Gasteiger partial charge in [-0.25, -0.2) is 9.97 Å². The summed E-state index contributed by atoms with van der Waals surface area (Å²) in [7, 11) is 0. The molecule has 0 saturated heterocycles. The Labute approximate surface area is 158 Å². The lowest BCUT2D eigenvalue weighted by Crippen LogP contribution is -2.26. The van der Waals surface area contributed by atoms with Gasteiger partial charge >= 0.3 is 0 Å². The number of aromatic nitrogens is 2. The Kier molecular flexibility index (Phi) is 4.24. The van der Waals surface area contributed by atoms with Crippen LogP contribution in [0.5, 0.6) is 0 Å². The van der Waals surface area contributed by atoms with Crippen LogP contribution in [0.2, 0.25) is 0 Å². The predicted octanol–water partition coefficient (Wildman–Crippen LogP) is 3.82. The van der Waals surface area contributed by atoms with E-state index in [-0.39, 0.29) is 17.9 Å². The molecule has 4 rings (SSSR count). The summed E-state index contributed by atoms with van der Waals surface area (Å²) in [6.07, 6.45) is 2.05. The van der Waals surface area contributed by atoms with Gasteiger partial charge in [0.1, 0.15) is 15.7 Å². The fourth-order valence-electron chi connectivity index (χ4n) is 2.93. The van der Waals surface area contributed by atoms with Crippen LogP contribution in [0.3, 0.4) is 0 Å². The highest BCUT2D eigenvalue weighted by Gasteiger charge is 2.26. The van der Waals surface area contributed by atoms with Crippen molar-refractivity contribution in [3.05, 3.63) is 39.0 Å². The quantitative estimate of drug-likeness (QED) is 0.714. The molecular formula is C18H18N4O2S2. The molecule has 0 aliphatic heterocycles. The first-order valence-corrected chi connectivity index (χ1v) is 10.1. The minimum absolute atomic E-state index is 0.130. The second kappa shape index (κ2) is 6.44. The van der Waals surface area contributed by atoms with E-state index in [9.17, 15) is 9.59 Å². The van der Waals surface area contributed by atoms with Crippen molar-refractivity contribution >= 4 is 49.7 Å². The molecule has 1 aliphatic rings. The van der Waals surface area contributed by atoms with Crippen LogP contribution in [0.25, 0.3) is 10.2 Å². The molecule has 0 bridgehead atoms. The van der Waals surface area contributed by atoms with Crippen LogP contribution in [0.4, 0.5) is 5.00 Å². The van der Waals surface area contributed by atoms with Gasteiger partial charge in [-0.3, -0.25) is 9.59 Å². The van der Waals surface area contributed by atoms with Crippen LogP contribution in [-0.4, -0.2) is 27.8 Å². The predicted molar refractivity (Wildman–Crippen MR) is 104 cm³/mol. The molecule has 3 aromatic rings. The summed E-state index contributed by atoms with van der Waals surface area (Å²) in [5, 5.41) is 9.18. The van der Waals surface area contributed by atoms with Gasteiger partial charge in [0.05, 0.1) is 10.4 Å². The van der Waals surface area contributed by atoms with Crippen LogP contribution in [0, 0.1) is 20.8 Å². The second-order valence-corrected chi connectivity index (χ2v) is 8.37. The van der Waals surface area contributed by atoms with E-state index in [1.54, 1.807) is 6.07 Å². The average Bonchev–Trinajstić information content (AvgIpc) is 3.14. The zero-order valence-corrected chi connectivity index (χ0v) is 16.3. The van der Waals surface area contributed by atoms with Crippen molar-refractivity contribution in [2.45, 2.75) is 39.7 Å². The molecule has 26 heavy (non-hydrogen) atoms. The number of nitrogens with one attached hydrogen (secondary N) is 2. The summed E-state index contributed by atoms with van der Waals surface area (Å²) in [5.41, 5.74) is 2.27. The smallest absolute Gasteiger partial charge is 0.266 e. The summed E-state index contributed by atoms with van der Waals surface area (Å²) in [6, 6.07) is 2.02. The third kappa shape index (κ3) is 3.10. The highest BCUT2D eigenvalue weighted by Crippen LogP contribution is 2.33. The van der Waals surface area contributed by atoms with Crippen molar-refractivity contribution in [2.24, 2.45) is 0 Å². The Morgan fingerprint density at radius 2 is 1.92 bits per heavy atom. The van der Waals surface area contributed by atoms with E-state index < -0.39 is 0 Å². The zero-order chi connectivity index (χ0) is 18.4. The van der Waals surface area contributed by atoms with Crippen molar-refractivity contribution in [1.29, 1.82) is 0 Å². The minimum atomic E-state index is -0.217. The molecule has 0 unspecified atom stereocenters. The standard InChI is InChI=1S/C18H18N4O2S2/c1-8-13-9(2)19-10(3)20-18(13)26-14(8)16(24)22-17-12(6-7-25-17)15(23)21-11-4-5-11/h6-7,11H,4-5H2,1-3H3,(H,21,23)(H,22,24). The lowest BCUT2D eigenvalue weighted by atomic mass is 10.1. The van der Waals surface area contributed by atoms with Gasteiger partial charge in [0.2, 0.25) is 0 Å². The van der Waals surface area contributed by atoms with Crippen LogP contribution in [0.15, 0.2) is 11.4 Å². The van der Waals surface area contributed by atoms with Crippen molar-refractivity contribution in [2.75, 3.05) is 5.32 Å². The molecule has 3 heterocycles. The first kappa shape index (κ1) is 17.1. The largest absolute Gasteiger partial charge is 0.349 e. The van der Waals surface area contributed by atoms with Crippen molar-refractivity contribution < 1.29 is 9.59 Å². The number of aryl methyl sites for hydroxylation is 3. The highest BCUT2D eigenvalue weighted by atomic mass is 32.1. The molecule has 1 saturated carbocycles. The van der Waals surface area contributed by atoms with Crippen molar-refractivity contribution in [3.63, 3.8) is 0 Å². The Bertz CT molecular complexity index is 1030. The second-order valence-electron chi connectivity index (χ2n) is 6.46. The zero-order valence-electron chi connectivity index (χ0n) is 14.7. The van der Waals surface area contributed by atoms with E-state index in [1.807, 2.05) is 26.2 Å². The molecule has 2 N–H and O–H groups in total. The van der Waals surface area contributed by atoms with E-state index in [2.05, 4.69) is 20.6 Å². The molecule has 3 aromatic heterocycles. The first-order chi connectivity index (χ1) is 12.4. The van der Waals surface area contributed by atoms with Crippen LogP contribution < -0.4 is 10.6 Å². The maximum absolute atomic E-state index is 12.8. The summed E-state index contributed by atoms with van der Waals surface area (Å²) in [5.74, 6) is 0.348. The Morgan fingerprint density at radius 3 is 2.65 bits per heavy atom. The first-order valence-electron chi connectivity index (χ1n) is 8.38. The van der Waals surface area contributed by atoms with Crippen LogP contribution >= 0.6 is 22.7 Å². The normalized spacial score (nSPS) is 13.8. The third-order valence-electron chi connectivity index (χ3n) is 4.34. The van der Waals surface area contributed by atoms with E-state index in [0.717, 1.165) is 34.3 Å². The number of thiophene rings is 2. The fourth-order valence-corrected chi connectivity index (χ4v) is 4.88. The molecule has 0 aromatic carbocycles. The van der Waals surface area contributed by atoms with Gasteiger partial charge in [-0.2, -0.15) is 0 Å². The van der Waals surface area contributed by atoms with Gasteiger partial charge in [0.15, 0.2) is 0 Å². The highest BCUT2D eigenvalue weighted by molar-refractivity contribution is 7.21. The Morgan fingerprint density at radius 1 is 1.15 bits per heavy atom. The molecule has 1 fully saturated rings. The molecule has 1 aliphatic carbocycles.